The van der Waals surface area contributed by atoms with Crippen molar-refractivity contribution in [3.8, 4) is 0 Å². The van der Waals surface area contributed by atoms with E-state index in [2.05, 4.69) is 10.3 Å². The second-order valence-corrected chi connectivity index (χ2v) is 4.83. The molecule has 2 aromatic rings. The molecule has 1 unspecified atom stereocenters. The van der Waals surface area contributed by atoms with Crippen molar-refractivity contribution in [1.29, 1.82) is 0 Å². The molecular formula is C13H11Cl2FN2. The predicted molar refractivity (Wildman–Crippen MR) is 72.7 cm³/mol. The molecule has 0 radical (unpaired) electrons. The molecule has 0 spiro atoms. The van der Waals surface area contributed by atoms with Crippen molar-refractivity contribution in [3.63, 3.8) is 0 Å². The molecule has 1 atom stereocenters. The number of anilines is 1. The second-order valence-electron chi connectivity index (χ2n) is 3.96. The molecule has 0 bridgehead atoms. The fourth-order valence-corrected chi connectivity index (χ4v) is 2.16. The molecule has 18 heavy (non-hydrogen) atoms. The number of nitrogens with zero attached hydrogens (tertiary/aromatic N) is 1. The summed E-state index contributed by atoms with van der Waals surface area (Å²) in [4.78, 5) is 3.81. The number of pyridine rings is 1. The van der Waals surface area contributed by atoms with Crippen LogP contribution in [0.2, 0.25) is 10.0 Å². The van der Waals surface area contributed by atoms with Gasteiger partial charge >= 0.3 is 0 Å². The molecule has 0 aliphatic rings. The van der Waals surface area contributed by atoms with Crippen LogP contribution in [-0.4, -0.2) is 4.98 Å². The van der Waals surface area contributed by atoms with Gasteiger partial charge in [-0.1, -0.05) is 23.2 Å². The quantitative estimate of drug-likeness (QED) is 0.884. The molecule has 2 rings (SSSR count). The van der Waals surface area contributed by atoms with Crippen molar-refractivity contribution in [2.45, 2.75) is 13.0 Å². The first-order valence-corrected chi connectivity index (χ1v) is 6.13. The highest BCUT2D eigenvalue weighted by atomic mass is 35.5. The van der Waals surface area contributed by atoms with Crippen molar-refractivity contribution in [2.24, 2.45) is 0 Å². The first-order valence-electron chi connectivity index (χ1n) is 5.37. The van der Waals surface area contributed by atoms with E-state index in [-0.39, 0.29) is 11.9 Å². The summed E-state index contributed by atoms with van der Waals surface area (Å²) >= 11 is 11.8. The summed E-state index contributed by atoms with van der Waals surface area (Å²) in [6.45, 7) is 1.91. The molecule has 0 saturated heterocycles. The van der Waals surface area contributed by atoms with Crippen molar-refractivity contribution in [2.75, 3.05) is 5.32 Å². The third-order valence-electron chi connectivity index (χ3n) is 2.47. The second kappa shape index (κ2) is 5.55. The van der Waals surface area contributed by atoms with E-state index >= 15 is 0 Å². The Bertz CT molecular complexity index is 540. The monoisotopic (exact) mass is 284 g/mol. The molecule has 0 amide bonds. The van der Waals surface area contributed by atoms with Crippen molar-refractivity contribution < 1.29 is 4.39 Å². The van der Waals surface area contributed by atoms with E-state index in [9.17, 15) is 4.39 Å². The lowest BCUT2D eigenvalue weighted by molar-refractivity contribution is 0.616. The lowest BCUT2D eigenvalue weighted by Gasteiger charge is -2.15. The van der Waals surface area contributed by atoms with Gasteiger partial charge in [-0.25, -0.2) is 4.39 Å². The van der Waals surface area contributed by atoms with E-state index in [1.807, 2.05) is 6.92 Å². The van der Waals surface area contributed by atoms with Gasteiger partial charge in [-0.05, 0) is 36.8 Å². The van der Waals surface area contributed by atoms with Gasteiger partial charge in [0.2, 0.25) is 0 Å². The van der Waals surface area contributed by atoms with Crippen molar-refractivity contribution in [3.05, 3.63) is 58.1 Å². The van der Waals surface area contributed by atoms with Gasteiger partial charge in [0.25, 0.3) is 0 Å². The Hall–Kier alpha value is -1.32. The van der Waals surface area contributed by atoms with Gasteiger partial charge < -0.3 is 5.32 Å². The Morgan fingerprint density at radius 3 is 2.39 bits per heavy atom. The van der Waals surface area contributed by atoms with Crippen LogP contribution in [0.4, 0.5) is 10.1 Å². The van der Waals surface area contributed by atoms with Crippen LogP contribution in [0.15, 0.2) is 36.7 Å². The maximum Gasteiger partial charge on any atom is 0.141 e. The minimum atomic E-state index is -0.356. The number of halogens is 3. The number of aromatic nitrogens is 1. The Morgan fingerprint density at radius 1 is 1.11 bits per heavy atom. The van der Waals surface area contributed by atoms with E-state index in [0.29, 0.717) is 10.0 Å². The molecule has 0 saturated carbocycles. The molecule has 5 heteroatoms. The molecule has 1 N–H and O–H groups in total. The van der Waals surface area contributed by atoms with Crippen LogP contribution in [0.3, 0.4) is 0 Å². The van der Waals surface area contributed by atoms with Gasteiger partial charge in [0.1, 0.15) is 5.82 Å². The SMILES string of the molecule is CC(Nc1cc(Cl)cc(Cl)c1)c1cncc(F)c1. The zero-order chi connectivity index (χ0) is 13.1. The Labute approximate surface area is 115 Å². The normalized spacial score (nSPS) is 12.2. The van der Waals surface area contributed by atoms with Gasteiger partial charge in [0, 0.05) is 21.9 Å². The highest BCUT2D eigenvalue weighted by Crippen LogP contribution is 2.25. The van der Waals surface area contributed by atoms with Crippen LogP contribution >= 0.6 is 23.2 Å². The lowest BCUT2D eigenvalue weighted by Crippen LogP contribution is -2.07. The van der Waals surface area contributed by atoms with Crippen LogP contribution in [-0.2, 0) is 0 Å². The summed E-state index contributed by atoms with van der Waals surface area (Å²) in [5.41, 5.74) is 1.54. The van der Waals surface area contributed by atoms with Crippen LogP contribution in [0.5, 0.6) is 0 Å². The summed E-state index contributed by atoms with van der Waals surface area (Å²) in [5.74, 6) is -0.356. The Kier molecular flexibility index (Phi) is 4.04. The Balaban J connectivity index is 2.18. The van der Waals surface area contributed by atoms with Crippen LogP contribution < -0.4 is 5.32 Å². The molecule has 0 fully saturated rings. The van der Waals surface area contributed by atoms with E-state index in [4.69, 9.17) is 23.2 Å². The van der Waals surface area contributed by atoms with Crippen LogP contribution in [0.25, 0.3) is 0 Å². The van der Waals surface area contributed by atoms with Gasteiger partial charge in [0.05, 0.1) is 12.2 Å². The molecule has 1 heterocycles. The van der Waals surface area contributed by atoms with Gasteiger partial charge in [0.15, 0.2) is 0 Å². The fraction of sp³-hybridized carbons (Fsp3) is 0.154. The van der Waals surface area contributed by atoms with Crippen molar-refractivity contribution >= 4 is 28.9 Å². The maximum atomic E-state index is 13.1. The third-order valence-corrected chi connectivity index (χ3v) is 2.91. The number of benzene rings is 1. The number of hydrogen-bond acceptors (Lipinski definition) is 2. The molecule has 0 aliphatic heterocycles. The molecule has 0 aliphatic carbocycles. The molecule has 1 aromatic heterocycles. The zero-order valence-corrected chi connectivity index (χ0v) is 11.1. The van der Waals surface area contributed by atoms with E-state index in [0.717, 1.165) is 11.3 Å². The van der Waals surface area contributed by atoms with Gasteiger partial charge in [-0.15, -0.1) is 0 Å². The maximum absolute atomic E-state index is 13.1. The lowest BCUT2D eigenvalue weighted by atomic mass is 10.1. The van der Waals surface area contributed by atoms with E-state index in [1.165, 1.54) is 12.3 Å². The molecule has 94 valence electrons. The largest absolute Gasteiger partial charge is 0.378 e. The standard InChI is InChI=1S/C13H11Cl2FN2/c1-8(9-2-12(16)7-17-6-9)18-13-4-10(14)3-11(15)5-13/h2-8,18H,1H3. The minimum Gasteiger partial charge on any atom is -0.378 e. The average molecular weight is 285 g/mol. The molecule has 1 aromatic carbocycles. The smallest absolute Gasteiger partial charge is 0.141 e. The number of rotatable bonds is 3. The summed E-state index contributed by atoms with van der Waals surface area (Å²) < 4.78 is 13.1. The number of hydrogen-bond donors (Lipinski definition) is 1. The summed E-state index contributed by atoms with van der Waals surface area (Å²) in [7, 11) is 0. The topological polar surface area (TPSA) is 24.9 Å². The first kappa shape index (κ1) is 13.1. The Morgan fingerprint density at radius 2 is 1.78 bits per heavy atom. The number of nitrogens with one attached hydrogen (secondary N) is 1. The average Bonchev–Trinajstić information content (AvgIpc) is 2.27. The van der Waals surface area contributed by atoms with Crippen LogP contribution in [0, 0.1) is 5.82 Å². The first-order chi connectivity index (χ1) is 8.54. The van der Waals surface area contributed by atoms with Gasteiger partial charge in [-0.2, -0.15) is 0 Å². The van der Waals surface area contributed by atoms with Crippen molar-refractivity contribution in [1.82, 2.24) is 4.98 Å². The zero-order valence-electron chi connectivity index (χ0n) is 9.62. The summed E-state index contributed by atoms with van der Waals surface area (Å²) in [6.07, 6.45) is 2.79. The fourth-order valence-electron chi connectivity index (χ4n) is 1.64. The summed E-state index contributed by atoms with van der Waals surface area (Å²) in [5, 5.41) is 4.29. The highest BCUT2D eigenvalue weighted by molar-refractivity contribution is 6.35. The summed E-state index contributed by atoms with van der Waals surface area (Å²) in [6, 6.07) is 6.52. The van der Waals surface area contributed by atoms with Crippen LogP contribution in [0.1, 0.15) is 18.5 Å². The third kappa shape index (κ3) is 3.34. The van der Waals surface area contributed by atoms with Gasteiger partial charge in [-0.3, -0.25) is 4.98 Å². The van der Waals surface area contributed by atoms with E-state index in [1.54, 1.807) is 24.4 Å². The molecular weight excluding hydrogens is 274 g/mol. The molecule has 2 nitrogen and oxygen atoms in total. The predicted octanol–water partition coefficient (Wildman–Crippen LogP) is 4.70. The minimum absolute atomic E-state index is 0.0947. The van der Waals surface area contributed by atoms with E-state index < -0.39 is 0 Å². The highest BCUT2D eigenvalue weighted by Gasteiger charge is 2.07.